The molecule has 1 aromatic carbocycles. The Bertz CT molecular complexity index is 1110. The standard InChI is InChI=1S/C17H19FIN5OS/c1-4-26(25,5-2)23-10-6-7-11(12(18)8-10)13-14-16(20)21-9-22-17(14)24(3)15(13)19/h6-9H,4-5H2,1-3H3,(H2,20,21,22). The number of nitrogens with two attached hydrogens (primary N) is 1. The minimum Gasteiger partial charge on any atom is -0.383 e. The van der Waals surface area contributed by atoms with Crippen LogP contribution < -0.4 is 5.73 Å². The zero-order valence-electron chi connectivity index (χ0n) is 14.7. The molecule has 3 rings (SSSR count). The van der Waals surface area contributed by atoms with Crippen LogP contribution in [0.1, 0.15) is 13.8 Å². The summed E-state index contributed by atoms with van der Waals surface area (Å²) in [5.74, 6) is 0.717. The summed E-state index contributed by atoms with van der Waals surface area (Å²) >= 11 is 2.14. The van der Waals surface area contributed by atoms with Gasteiger partial charge in [-0.25, -0.2) is 18.6 Å². The molecule has 0 amide bonds. The fourth-order valence-corrected chi connectivity index (χ4v) is 4.74. The van der Waals surface area contributed by atoms with Crippen LogP contribution in [-0.2, 0) is 16.8 Å². The highest BCUT2D eigenvalue weighted by atomic mass is 127. The van der Waals surface area contributed by atoms with Crippen LogP contribution in [0.15, 0.2) is 28.9 Å². The van der Waals surface area contributed by atoms with Gasteiger partial charge in [0, 0.05) is 35.7 Å². The molecule has 0 fully saturated rings. The average molecular weight is 487 g/mol. The second-order valence-corrected chi connectivity index (χ2v) is 9.69. The molecule has 0 unspecified atom stereocenters. The SMILES string of the molecule is CCS(=O)(CC)=Nc1ccc(-c2c(I)n(C)c3ncnc(N)c23)c(F)c1. The normalized spacial score (nSPS) is 11.9. The third-order valence-corrected chi connectivity index (χ3v) is 7.93. The summed E-state index contributed by atoms with van der Waals surface area (Å²) in [7, 11) is -0.498. The maximum atomic E-state index is 14.9. The van der Waals surface area contributed by atoms with E-state index in [0.717, 1.165) is 3.70 Å². The lowest BCUT2D eigenvalue weighted by molar-refractivity contribution is 0.631. The number of aryl methyl sites for hydroxylation is 1. The number of benzene rings is 1. The van der Waals surface area contributed by atoms with Crippen molar-refractivity contribution in [2.24, 2.45) is 11.4 Å². The highest BCUT2D eigenvalue weighted by Gasteiger charge is 2.21. The molecule has 0 saturated carbocycles. The third kappa shape index (κ3) is 3.18. The quantitative estimate of drug-likeness (QED) is 0.562. The molecule has 0 bridgehead atoms. The van der Waals surface area contributed by atoms with Crippen LogP contribution in [0.3, 0.4) is 0 Å². The van der Waals surface area contributed by atoms with E-state index in [2.05, 4.69) is 36.9 Å². The summed E-state index contributed by atoms with van der Waals surface area (Å²) < 4.78 is 34.3. The Morgan fingerprint density at radius 1 is 1.31 bits per heavy atom. The Morgan fingerprint density at radius 3 is 2.62 bits per heavy atom. The van der Waals surface area contributed by atoms with Gasteiger partial charge in [-0.2, -0.15) is 4.36 Å². The number of nitrogens with zero attached hydrogens (tertiary/aromatic N) is 4. The first-order chi connectivity index (χ1) is 12.3. The smallest absolute Gasteiger partial charge is 0.146 e. The van der Waals surface area contributed by atoms with Crippen molar-refractivity contribution in [1.29, 1.82) is 0 Å². The van der Waals surface area contributed by atoms with Crippen LogP contribution in [0.4, 0.5) is 15.9 Å². The van der Waals surface area contributed by atoms with Gasteiger partial charge in [-0.15, -0.1) is 0 Å². The van der Waals surface area contributed by atoms with Gasteiger partial charge >= 0.3 is 0 Å². The van der Waals surface area contributed by atoms with Crippen molar-refractivity contribution in [3.8, 4) is 11.1 Å². The van der Waals surface area contributed by atoms with E-state index in [9.17, 15) is 8.60 Å². The summed E-state index contributed by atoms with van der Waals surface area (Å²) in [5, 5.41) is 0.619. The van der Waals surface area contributed by atoms with Crippen molar-refractivity contribution in [3.05, 3.63) is 34.0 Å². The number of anilines is 1. The van der Waals surface area contributed by atoms with Crippen molar-refractivity contribution in [3.63, 3.8) is 0 Å². The van der Waals surface area contributed by atoms with Crippen LogP contribution in [0.5, 0.6) is 0 Å². The molecule has 6 nitrogen and oxygen atoms in total. The molecule has 0 spiro atoms. The van der Waals surface area contributed by atoms with E-state index in [0.29, 0.717) is 45.2 Å². The number of hydrogen-bond acceptors (Lipinski definition) is 5. The van der Waals surface area contributed by atoms with E-state index in [4.69, 9.17) is 5.73 Å². The first-order valence-electron chi connectivity index (χ1n) is 8.08. The molecule has 0 radical (unpaired) electrons. The highest BCUT2D eigenvalue weighted by molar-refractivity contribution is 14.1. The molecule has 0 aliphatic carbocycles. The summed E-state index contributed by atoms with van der Waals surface area (Å²) in [5.41, 5.74) is 8.09. The fourth-order valence-electron chi connectivity index (χ4n) is 2.78. The van der Waals surface area contributed by atoms with Gasteiger partial charge in [0.25, 0.3) is 0 Å². The molecule has 0 aliphatic heterocycles. The number of aromatic nitrogens is 3. The van der Waals surface area contributed by atoms with E-state index in [1.54, 1.807) is 12.1 Å². The molecule has 0 atom stereocenters. The minimum absolute atomic E-state index is 0.302. The monoisotopic (exact) mass is 487 g/mol. The Labute approximate surface area is 165 Å². The average Bonchev–Trinajstić information content (AvgIpc) is 2.88. The van der Waals surface area contributed by atoms with Gasteiger partial charge in [0.1, 0.15) is 23.6 Å². The number of halogens is 2. The molecule has 2 aromatic heterocycles. The lowest BCUT2D eigenvalue weighted by atomic mass is 10.1. The molecule has 9 heteroatoms. The zero-order valence-corrected chi connectivity index (χ0v) is 17.6. The van der Waals surface area contributed by atoms with Gasteiger partial charge in [0.2, 0.25) is 0 Å². The van der Waals surface area contributed by atoms with Crippen molar-refractivity contribution in [2.45, 2.75) is 13.8 Å². The van der Waals surface area contributed by atoms with Gasteiger partial charge in [0.15, 0.2) is 0 Å². The summed E-state index contributed by atoms with van der Waals surface area (Å²) in [4.78, 5) is 8.29. The van der Waals surface area contributed by atoms with Crippen molar-refractivity contribution in [2.75, 3.05) is 17.2 Å². The largest absolute Gasteiger partial charge is 0.383 e. The highest BCUT2D eigenvalue weighted by Crippen LogP contribution is 2.38. The number of nitrogen functional groups attached to an aromatic ring is 1. The van der Waals surface area contributed by atoms with Gasteiger partial charge in [-0.05, 0) is 34.7 Å². The van der Waals surface area contributed by atoms with Crippen LogP contribution >= 0.6 is 22.6 Å². The second-order valence-electron chi connectivity index (χ2n) is 5.79. The molecule has 0 aliphatic rings. The maximum absolute atomic E-state index is 14.9. The summed E-state index contributed by atoms with van der Waals surface area (Å²) in [6.07, 6.45) is 1.39. The van der Waals surface area contributed by atoms with Crippen molar-refractivity contribution >= 4 is 54.9 Å². The molecule has 26 heavy (non-hydrogen) atoms. The van der Waals surface area contributed by atoms with Gasteiger partial charge in [0.05, 0.1) is 24.5 Å². The topological polar surface area (TPSA) is 86.2 Å². The van der Waals surface area contributed by atoms with Gasteiger partial charge in [-0.1, -0.05) is 13.8 Å². The van der Waals surface area contributed by atoms with E-state index in [1.807, 2.05) is 25.5 Å². The molecule has 2 heterocycles. The van der Waals surface area contributed by atoms with Crippen LogP contribution in [0.2, 0.25) is 0 Å². The number of hydrogen-bond donors (Lipinski definition) is 1. The first-order valence-corrected chi connectivity index (χ1v) is 11.0. The zero-order chi connectivity index (χ0) is 19.1. The molecular weight excluding hydrogens is 468 g/mol. The van der Waals surface area contributed by atoms with E-state index < -0.39 is 15.5 Å². The Balaban J connectivity index is 2.23. The lowest BCUT2D eigenvalue weighted by Crippen LogP contribution is -2.04. The maximum Gasteiger partial charge on any atom is 0.146 e. The second kappa shape index (κ2) is 7.10. The van der Waals surface area contributed by atoms with Crippen molar-refractivity contribution < 1.29 is 8.60 Å². The third-order valence-electron chi connectivity index (χ3n) is 4.32. The molecule has 2 N–H and O–H groups in total. The molecule has 138 valence electrons. The van der Waals surface area contributed by atoms with Gasteiger partial charge < -0.3 is 10.3 Å². The Morgan fingerprint density at radius 2 is 2.00 bits per heavy atom. The van der Waals surface area contributed by atoms with Crippen LogP contribution in [0, 0.1) is 9.52 Å². The summed E-state index contributed by atoms with van der Waals surface area (Å²) in [6, 6.07) is 4.64. The van der Waals surface area contributed by atoms with Crippen LogP contribution in [0.25, 0.3) is 22.2 Å². The first kappa shape index (κ1) is 19.0. The number of fused-ring (bicyclic) bond motifs is 1. The minimum atomic E-state index is -2.34. The molecule has 0 saturated heterocycles. The van der Waals surface area contributed by atoms with Crippen molar-refractivity contribution in [1.82, 2.24) is 14.5 Å². The predicted molar refractivity (Wildman–Crippen MR) is 112 cm³/mol. The van der Waals surface area contributed by atoms with E-state index >= 15 is 0 Å². The Hall–Kier alpha value is -1.75. The molecule has 3 aromatic rings. The van der Waals surface area contributed by atoms with E-state index in [1.165, 1.54) is 12.4 Å². The number of rotatable bonds is 4. The Kier molecular flexibility index (Phi) is 5.20. The van der Waals surface area contributed by atoms with Crippen LogP contribution in [-0.4, -0.2) is 30.2 Å². The van der Waals surface area contributed by atoms with Gasteiger partial charge in [-0.3, -0.25) is 0 Å². The lowest BCUT2D eigenvalue weighted by Gasteiger charge is -2.07. The van der Waals surface area contributed by atoms with E-state index in [-0.39, 0.29) is 0 Å². The predicted octanol–water partition coefficient (Wildman–Crippen LogP) is 4.10. The fraction of sp³-hybridized carbons (Fsp3) is 0.294. The summed E-state index contributed by atoms with van der Waals surface area (Å²) in [6.45, 7) is 3.64. The molecular formula is C17H19FIN5OS.